The molecule has 1 heterocycles. The summed E-state index contributed by atoms with van der Waals surface area (Å²) in [6, 6.07) is 0.487. The van der Waals surface area contributed by atoms with Crippen LogP contribution in [0.4, 0.5) is 4.79 Å². The maximum Gasteiger partial charge on any atom is 0.320 e. The highest BCUT2D eigenvalue weighted by Crippen LogP contribution is 2.30. The zero-order chi connectivity index (χ0) is 12.5. The molecule has 94 valence electrons. The van der Waals surface area contributed by atoms with Gasteiger partial charge in [0.2, 0.25) is 0 Å². The monoisotopic (exact) mass is 226 g/mol. The summed E-state index contributed by atoms with van der Waals surface area (Å²) in [4.78, 5) is 16.0. The van der Waals surface area contributed by atoms with E-state index in [1.165, 1.54) is 0 Å². The zero-order valence-corrected chi connectivity index (χ0v) is 11.6. The highest BCUT2D eigenvalue weighted by molar-refractivity contribution is 5.75. The number of likely N-dealkylation sites (tertiary alicyclic amines) is 1. The first-order valence-corrected chi connectivity index (χ1v) is 6.27. The number of hydrogen-bond acceptors (Lipinski definition) is 1. The zero-order valence-electron chi connectivity index (χ0n) is 11.6. The van der Waals surface area contributed by atoms with Gasteiger partial charge in [0.05, 0.1) is 0 Å². The van der Waals surface area contributed by atoms with Crippen molar-refractivity contribution < 1.29 is 4.79 Å². The Labute approximate surface area is 99.8 Å². The molecule has 0 spiro atoms. The molecule has 0 bridgehead atoms. The Morgan fingerprint density at radius 2 is 1.75 bits per heavy atom. The third-order valence-electron chi connectivity index (χ3n) is 3.36. The van der Waals surface area contributed by atoms with E-state index in [9.17, 15) is 4.79 Å². The summed E-state index contributed by atoms with van der Waals surface area (Å²) >= 11 is 0. The number of nitrogens with zero attached hydrogens (tertiary/aromatic N) is 2. The average molecular weight is 226 g/mol. The molecule has 1 saturated heterocycles. The molecular formula is C13H26N2O. The van der Waals surface area contributed by atoms with Gasteiger partial charge in [0.25, 0.3) is 0 Å². The summed E-state index contributed by atoms with van der Waals surface area (Å²) in [5.74, 6) is 0.482. The van der Waals surface area contributed by atoms with Crippen LogP contribution in [0.25, 0.3) is 0 Å². The Kier molecular flexibility index (Phi) is 3.87. The average Bonchev–Trinajstić information content (AvgIpc) is 1.96. The quantitative estimate of drug-likeness (QED) is 0.710. The number of carbonyl (C=O) groups is 1. The predicted octanol–water partition coefficient (Wildman–Crippen LogP) is 2.81. The van der Waals surface area contributed by atoms with E-state index in [-0.39, 0.29) is 11.4 Å². The Hall–Kier alpha value is -0.730. The van der Waals surface area contributed by atoms with Gasteiger partial charge in [-0.3, -0.25) is 0 Å². The second-order valence-electron chi connectivity index (χ2n) is 6.29. The largest absolute Gasteiger partial charge is 0.325 e. The van der Waals surface area contributed by atoms with Crippen molar-refractivity contribution in [3.63, 3.8) is 0 Å². The van der Waals surface area contributed by atoms with Gasteiger partial charge in [-0.1, -0.05) is 34.6 Å². The van der Waals surface area contributed by atoms with Crippen LogP contribution in [0.15, 0.2) is 0 Å². The molecule has 0 aromatic rings. The van der Waals surface area contributed by atoms with Crippen LogP contribution in [0.5, 0.6) is 0 Å². The van der Waals surface area contributed by atoms with Crippen molar-refractivity contribution in [3.05, 3.63) is 0 Å². The smallest absolute Gasteiger partial charge is 0.320 e. The molecule has 1 rings (SSSR count). The van der Waals surface area contributed by atoms with Crippen molar-refractivity contribution in [1.82, 2.24) is 9.80 Å². The molecular weight excluding hydrogens is 200 g/mol. The second-order valence-corrected chi connectivity index (χ2v) is 6.29. The number of rotatable bonds is 2. The highest BCUT2D eigenvalue weighted by atomic mass is 16.2. The van der Waals surface area contributed by atoms with Crippen molar-refractivity contribution in [3.8, 4) is 0 Å². The van der Waals surface area contributed by atoms with Crippen LogP contribution in [-0.2, 0) is 0 Å². The van der Waals surface area contributed by atoms with Gasteiger partial charge in [0.1, 0.15) is 0 Å². The maximum atomic E-state index is 12.2. The van der Waals surface area contributed by atoms with Crippen LogP contribution < -0.4 is 0 Å². The first-order valence-electron chi connectivity index (χ1n) is 6.27. The molecule has 0 N–H and O–H groups in total. The maximum absolute atomic E-state index is 12.2. The lowest BCUT2D eigenvalue weighted by molar-refractivity contribution is 0.0695. The van der Waals surface area contributed by atoms with Crippen LogP contribution in [0, 0.1) is 11.3 Å². The fourth-order valence-electron chi connectivity index (χ4n) is 2.88. The molecule has 3 heteroatoms. The summed E-state index contributed by atoms with van der Waals surface area (Å²) < 4.78 is 0. The molecule has 0 saturated carbocycles. The standard InChI is InChI=1S/C13H26N2O/c1-10(2)11(13(3,4)5)14(6)12(16)15-8-7-9-15/h10-11H,7-9H2,1-6H3. The van der Waals surface area contributed by atoms with Crippen molar-refractivity contribution in [2.75, 3.05) is 20.1 Å². The minimum Gasteiger partial charge on any atom is -0.325 e. The molecule has 16 heavy (non-hydrogen) atoms. The van der Waals surface area contributed by atoms with Crippen LogP contribution >= 0.6 is 0 Å². The van der Waals surface area contributed by atoms with E-state index in [2.05, 4.69) is 34.6 Å². The minimum atomic E-state index is 0.128. The Morgan fingerprint density at radius 1 is 1.25 bits per heavy atom. The summed E-state index contributed by atoms with van der Waals surface area (Å²) in [5.41, 5.74) is 0.128. The second kappa shape index (κ2) is 4.64. The van der Waals surface area contributed by atoms with E-state index in [1.54, 1.807) is 0 Å². The highest BCUT2D eigenvalue weighted by Gasteiger charge is 2.36. The third-order valence-corrected chi connectivity index (χ3v) is 3.36. The van der Waals surface area contributed by atoms with Gasteiger partial charge in [-0.05, 0) is 17.8 Å². The van der Waals surface area contributed by atoms with Crippen molar-refractivity contribution in [2.45, 2.75) is 47.1 Å². The molecule has 1 fully saturated rings. The van der Waals surface area contributed by atoms with Crippen LogP contribution in [0.2, 0.25) is 0 Å². The molecule has 0 aromatic carbocycles. The molecule has 1 atom stereocenters. The topological polar surface area (TPSA) is 23.6 Å². The van der Waals surface area contributed by atoms with E-state index in [1.807, 2.05) is 16.8 Å². The van der Waals surface area contributed by atoms with E-state index in [0.29, 0.717) is 12.0 Å². The van der Waals surface area contributed by atoms with E-state index < -0.39 is 0 Å². The van der Waals surface area contributed by atoms with E-state index in [0.717, 1.165) is 19.5 Å². The number of urea groups is 1. The Balaban J connectivity index is 2.74. The summed E-state index contributed by atoms with van der Waals surface area (Å²) in [7, 11) is 1.94. The lowest BCUT2D eigenvalue weighted by Crippen LogP contribution is -2.55. The van der Waals surface area contributed by atoms with Gasteiger partial charge >= 0.3 is 6.03 Å². The lowest BCUT2D eigenvalue weighted by atomic mass is 9.79. The van der Waals surface area contributed by atoms with Crippen LogP contribution in [0.1, 0.15) is 41.0 Å². The van der Waals surface area contributed by atoms with Gasteiger partial charge in [-0.2, -0.15) is 0 Å². The Bertz CT molecular complexity index is 251. The molecule has 2 amide bonds. The van der Waals surface area contributed by atoms with Crippen LogP contribution in [-0.4, -0.2) is 42.0 Å². The fraction of sp³-hybridized carbons (Fsp3) is 0.923. The van der Waals surface area contributed by atoms with E-state index >= 15 is 0 Å². The molecule has 1 aliphatic rings. The summed E-state index contributed by atoms with van der Waals surface area (Å²) in [6.45, 7) is 12.9. The van der Waals surface area contributed by atoms with Gasteiger partial charge in [0.15, 0.2) is 0 Å². The van der Waals surface area contributed by atoms with Crippen molar-refractivity contribution >= 4 is 6.03 Å². The lowest BCUT2D eigenvalue weighted by Gasteiger charge is -2.44. The molecule has 3 nitrogen and oxygen atoms in total. The van der Waals surface area contributed by atoms with E-state index in [4.69, 9.17) is 0 Å². The number of carbonyl (C=O) groups excluding carboxylic acids is 1. The SMILES string of the molecule is CC(C)C(N(C)C(=O)N1CCC1)C(C)(C)C. The first-order chi connectivity index (χ1) is 7.25. The molecule has 0 radical (unpaired) electrons. The summed E-state index contributed by atoms with van der Waals surface area (Å²) in [6.07, 6.45) is 1.15. The number of hydrogen-bond donors (Lipinski definition) is 0. The van der Waals surface area contributed by atoms with Gasteiger partial charge in [0, 0.05) is 26.2 Å². The number of amides is 2. The predicted molar refractivity (Wildman–Crippen MR) is 67.4 cm³/mol. The third kappa shape index (κ3) is 2.69. The molecule has 0 aromatic heterocycles. The van der Waals surface area contributed by atoms with Gasteiger partial charge in [-0.15, -0.1) is 0 Å². The van der Waals surface area contributed by atoms with Gasteiger partial charge in [-0.25, -0.2) is 4.79 Å². The fourth-order valence-corrected chi connectivity index (χ4v) is 2.88. The van der Waals surface area contributed by atoms with Crippen LogP contribution in [0.3, 0.4) is 0 Å². The molecule has 0 aliphatic carbocycles. The molecule has 1 aliphatic heterocycles. The Morgan fingerprint density at radius 3 is 2.00 bits per heavy atom. The molecule has 1 unspecified atom stereocenters. The normalized spacial score (nSPS) is 18.3. The summed E-state index contributed by atoms with van der Waals surface area (Å²) in [5, 5.41) is 0. The minimum absolute atomic E-state index is 0.128. The first kappa shape index (κ1) is 13.3. The van der Waals surface area contributed by atoms with Crippen molar-refractivity contribution in [1.29, 1.82) is 0 Å². The van der Waals surface area contributed by atoms with Gasteiger partial charge < -0.3 is 9.80 Å². The van der Waals surface area contributed by atoms with Crippen molar-refractivity contribution in [2.24, 2.45) is 11.3 Å².